The fourth-order valence-corrected chi connectivity index (χ4v) is 3.35. The third-order valence-corrected chi connectivity index (χ3v) is 4.61. The maximum Gasteiger partial charge on any atom is 0.279 e. The van der Waals surface area contributed by atoms with Crippen molar-refractivity contribution in [1.82, 2.24) is 10.2 Å². The molecule has 0 bridgehead atoms. The molecule has 1 aromatic heterocycles. The summed E-state index contributed by atoms with van der Waals surface area (Å²) in [7, 11) is -3.69. The second kappa shape index (κ2) is 5.24. The number of halogens is 1. The van der Waals surface area contributed by atoms with Crippen LogP contribution in [-0.2, 0) is 16.6 Å². The van der Waals surface area contributed by atoms with Crippen molar-refractivity contribution in [2.75, 3.05) is 4.72 Å². The third-order valence-electron chi connectivity index (χ3n) is 2.28. The van der Waals surface area contributed by atoms with Gasteiger partial charge in [-0.3, -0.25) is 9.82 Å². The molecule has 1 heterocycles. The molecule has 18 heavy (non-hydrogen) atoms. The molecule has 0 atom stereocenters. The Balaban J connectivity index is 2.37. The van der Waals surface area contributed by atoms with Gasteiger partial charge in [0.15, 0.2) is 5.03 Å². The molecule has 0 saturated heterocycles. The van der Waals surface area contributed by atoms with E-state index in [1.807, 2.05) is 12.1 Å². The normalized spacial score (nSPS) is 11.4. The molecule has 0 aliphatic rings. The number of H-pyrrole nitrogens is 1. The first kappa shape index (κ1) is 13.3. The minimum atomic E-state index is -3.69. The Morgan fingerprint density at radius 2 is 2.11 bits per heavy atom. The first-order chi connectivity index (χ1) is 8.54. The van der Waals surface area contributed by atoms with Crippen molar-refractivity contribution in [2.24, 2.45) is 5.73 Å². The Labute approximate surface area is 118 Å². The molecule has 2 aromatic rings. The molecule has 2 rings (SSSR count). The van der Waals surface area contributed by atoms with E-state index < -0.39 is 10.0 Å². The van der Waals surface area contributed by atoms with Crippen LogP contribution in [0.15, 0.2) is 35.5 Å². The molecule has 8 heteroatoms. The average Bonchev–Trinajstić information content (AvgIpc) is 2.81. The van der Waals surface area contributed by atoms with Crippen molar-refractivity contribution in [3.63, 3.8) is 0 Å². The Morgan fingerprint density at radius 3 is 2.78 bits per heavy atom. The number of benzene rings is 1. The van der Waals surface area contributed by atoms with Crippen molar-refractivity contribution in [3.05, 3.63) is 39.6 Å². The molecule has 0 unspecified atom stereocenters. The number of sulfonamides is 1. The smallest absolute Gasteiger partial charge is 0.279 e. The lowest BCUT2D eigenvalue weighted by molar-refractivity contribution is 0.596. The van der Waals surface area contributed by atoms with Gasteiger partial charge in [-0.1, -0.05) is 12.1 Å². The zero-order valence-electron chi connectivity index (χ0n) is 9.22. The van der Waals surface area contributed by atoms with Crippen LogP contribution in [-0.4, -0.2) is 18.6 Å². The van der Waals surface area contributed by atoms with Gasteiger partial charge in [-0.2, -0.15) is 13.5 Å². The lowest BCUT2D eigenvalue weighted by atomic mass is 10.3. The maximum absolute atomic E-state index is 12.2. The molecule has 1 aromatic carbocycles. The monoisotopic (exact) mass is 378 g/mol. The zero-order chi connectivity index (χ0) is 13.2. The molecule has 6 nitrogen and oxygen atoms in total. The van der Waals surface area contributed by atoms with Crippen LogP contribution < -0.4 is 10.5 Å². The highest BCUT2D eigenvalue weighted by Crippen LogP contribution is 2.21. The predicted octanol–water partition coefficient (Wildman–Crippen LogP) is 1.27. The van der Waals surface area contributed by atoms with Crippen LogP contribution in [0.1, 0.15) is 5.56 Å². The van der Waals surface area contributed by atoms with Gasteiger partial charge in [-0.05, 0) is 34.7 Å². The molecule has 0 aliphatic heterocycles. The van der Waals surface area contributed by atoms with Crippen LogP contribution in [0.2, 0.25) is 0 Å². The number of hydrogen-bond acceptors (Lipinski definition) is 4. The standard InChI is InChI=1S/C10H11IN4O2S/c11-8-3-1-2-4-9(8)15-18(16,17)10-7(5-12)6-13-14-10/h1-4,6,15H,5,12H2,(H,13,14). The third kappa shape index (κ3) is 2.65. The topological polar surface area (TPSA) is 101 Å². The summed E-state index contributed by atoms with van der Waals surface area (Å²) in [5.41, 5.74) is 6.44. The van der Waals surface area contributed by atoms with Gasteiger partial charge in [0.25, 0.3) is 10.0 Å². The van der Waals surface area contributed by atoms with Gasteiger partial charge in [0.1, 0.15) is 0 Å². The van der Waals surface area contributed by atoms with Crippen LogP contribution in [0.5, 0.6) is 0 Å². The highest BCUT2D eigenvalue weighted by atomic mass is 127. The van der Waals surface area contributed by atoms with Gasteiger partial charge < -0.3 is 5.73 Å². The van der Waals surface area contributed by atoms with Gasteiger partial charge >= 0.3 is 0 Å². The number of nitrogens with zero attached hydrogens (tertiary/aromatic N) is 1. The van der Waals surface area contributed by atoms with E-state index >= 15 is 0 Å². The number of aromatic amines is 1. The van der Waals surface area contributed by atoms with E-state index in [4.69, 9.17) is 5.73 Å². The Kier molecular flexibility index (Phi) is 3.88. The number of anilines is 1. The van der Waals surface area contributed by atoms with E-state index in [1.54, 1.807) is 12.1 Å². The Bertz CT molecular complexity index is 653. The van der Waals surface area contributed by atoms with Crippen molar-refractivity contribution >= 4 is 38.3 Å². The van der Waals surface area contributed by atoms with E-state index in [2.05, 4.69) is 37.5 Å². The number of hydrogen-bond donors (Lipinski definition) is 3. The first-order valence-corrected chi connectivity index (χ1v) is 7.60. The molecular weight excluding hydrogens is 367 g/mol. The maximum atomic E-state index is 12.2. The van der Waals surface area contributed by atoms with Crippen molar-refractivity contribution in [2.45, 2.75) is 11.6 Å². The minimum Gasteiger partial charge on any atom is -0.326 e. The van der Waals surface area contributed by atoms with Crippen molar-refractivity contribution in [1.29, 1.82) is 0 Å². The van der Waals surface area contributed by atoms with E-state index in [1.165, 1.54) is 6.20 Å². The van der Waals surface area contributed by atoms with Gasteiger partial charge in [-0.15, -0.1) is 0 Å². The number of rotatable bonds is 4. The fourth-order valence-electron chi connectivity index (χ4n) is 1.42. The number of aromatic nitrogens is 2. The summed E-state index contributed by atoms with van der Waals surface area (Å²) in [6.07, 6.45) is 1.41. The van der Waals surface area contributed by atoms with Gasteiger partial charge in [0.2, 0.25) is 0 Å². The highest BCUT2D eigenvalue weighted by Gasteiger charge is 2.20. The summed E-state index contributed by atoms with van der Waals surface area (Å²) in [5, 5.41) is 6.16. The summed E-state index contributed by atoms with van der Waals surface area (Å²) in [6, 6.07) is 7.10. The number of nitrogens with one attached hydrogen (secondary N) is 2. The molecule has 0 amide bonds. The molecular formula is C10H11IN4O2S. The second-order valence-corrected chi connectivity index (χ2v) is 6.30. The quantitative estimate of drug-likeness (QED) is 0.698. The summed E-state index contributed by atoms with van der Waals surface area (Å²) in [6.45, 7) is 0.110. The van der Waals surface area contributed by atoms with Gasteiger partial charge in [0.05, 0.1) is 11.9 Å². The van der Waals surface area contributed by atoms with Crippen LogP contribution in [0.25, 0.3) is 0 Å². The molecule has 0 radical (unpaired) electrons. The van der Waals surface area contributed by atoms with E-state index in [9.17, 15) is 8.42 Å². The molecule has 0 aliphatic carbocycles. The molecule has 4 N–H and O–H groups in total. The van der Waals surface area contributed by atoms with E-state index in [0.29, 0.717) is 11.3 Å². The second-order valence-electron chi connectivity index (χ2n) is 3.51. The number of nitrogens with two attached hydrogens (primary N) is 1. The summed E-state index contributed by atoms with van der Waals surface area (Å²) in [5.74, 6) is 0. The van der Waals surface area contributed by atoms with Gasteiger partial charge in [0, 0.05) is 15.7 Å². The van der Waals surface area contributed by atoms with Crippen molar-refractivity contribution < 1.29 is 8.42 Å². The lowest BCUT2D eigenvalue weighted by Gasteiger charge is -2.09. The van der Waals surface area contributed by atoms with Crippen LogP contribution in [0.4, 0.5) is 5.69 Å². The first-order valence-electron chi connectivity index (χ1n) is 5.04. The molecule has 0 spiro atoms. The largest absolute Gasteiger partial charge is 0.326 e. The summed E-state index contributed by atoms with van der Waals surface area (Å²) in [4.78, 5) is 0. The average molecular weight is 378 g/mol. The Morgan fingerprint density at radius 1 is 1.39 bits per heavy atom. The van der Waals surface area contributed by atoms with E-state index in [0.717, 1.165) is 3.57 Å². The Hall–Kier alpha value is -1.13. The van der Waals surface area contributed by atoms with Gasteiger partial charge in [-0.25, -0.2) is 0 Å². The number of para-hydroxylation sites is 1. The zero-order valence-corrected chi connectivity index (χ0v) is 12.2. The van der Waals surface area contributed by atoms with Crippen LogP contribution in [0.3, 0.4) is 0 Å². The highest BCUT2D eigenvalue weighted by molar-refractivity contribution is 14.1. The van der Waals surface area contributed by atoms with Crippen LogP contribution >= 0.6 is 22.6 Å². The molecule has 0 saturated carbocycles. The SMILES string of the molecule is NCc1cn[nH]c1S(=O)(=O)Nc1ccccc1I. The molecule has 96 valence electrons. The van der Waals surface area contributed by atoms with E-state index in [-0.39, 0.29) is 11.6 Å². The molecule has 0 fully saturated rings. The van der Waals surface area contributed by atoms with Crippen LogP contribution in [0, 0.1) is 3.57 Å². The summed E-state index contributed by atoms with van der Waals surface area (Å²) >= 11 is 2.06. The minimum absolute atomic E-state index is 0.00431. The lowest BCUT2D eigenvalue weighted by Crippen LogP contribution is -2.16. The summed E-state index contributed by atoms with van der Waals surface area (Å²) < 4.78 is 27.6. The van der Waals surface area contributed by atoms with Crippen molar-refractivity contribution in [3.8, 4) is 0 Å². The fraction of sp³-hybridized carbons (Fsp3) is 0.100. The predicted molar refractivity (Wildman–Crippen MR) is 76.4 cm³/mol.